The van der Waals surface area contributed by atoms with Gasteiger partial charge in [-0.05, 0) is 81.9 Å². The third kappa shape index (κ3) is 9.12. The van der Waals surface area contributed by atoms with Gasteiger partial charge in [0.2, 0.25) is 0 Å². The summed E-state index contributed by atoms with van der Waals surface area (Å²) < 4.78 is 7.03. The number of amides is 1. The van der Waals surface area contributed by atoms with Gasteiger partial charge in [0.15, 0.2) is 0 Å². The zero-order valence-corrected chi connectivity index (χ0v) is 22.2. The number of nitrogens with zero attached hydrogens (tertiary/aromatic N) is 3. The molecular formula is C28H35ClN4O3. The Bertz CT molecular complexity index is 1160. The number of aryl methyl sites for hydroxylation is 1. The molecule has 7 nitrogen and oxygen atoms in total. The van der Waals surface area contributed by atoms with Crippen molar-refractivity contribution in [1.29, 1.82) is 5.26 Å². The van der Waals surface area contributed by atoms with Crippen LogP contribution in [0.1, 0.15) is 44.9 Å². The smallest absolute Gasteiger partial charge is 0.251 e. The van der Waals surface area contributed by atoms with Crippen molar-refractivity contribution >= 4 is 23.2 Å². The minimum atomic E-state index is -0.119. The molecule has 1 heterocycles. The number of aliphatic hydroxyl groups excluding tert-OH is 1. The number of aliphatic hydroxyl groups is 1. The molecule has 0 bridgehead atoms. The lowest BCUT2D eigenvalue weighted by Crippen LogP contribution is -2.27. The van der Waals surface area contributed by atoms with E-state index in [0.29, 0.717) is 55.2 Å². The first-order chi connectivity index (χ1) is 17.3. The number of carbonyl (C=O) groups is 1. The summed E-state index contributed by atoms with van der Waals surface area (Å²) >= 11 is 6.20. The Labute approximate surface area is 218 Å². The molecule has 2 N–H and O–H groups in total. The van der Waals surface area contributed by atoms with Crippen LogP contribution >= 0.6 is 11.6 Å². The maximum Gasteiger partial charge on any atom is 0.251 e. The molecule has 0 atom stereocenters. The van der Waals surface area contributed by atoms with Crippen LogP contribution in [-0.2, 0) is 16.0 Å². The molecule has 8 heteroatoms. The predicted molar refractivity (Wildman–Crippen MR) is 144 cm³/mol. The molecule has 1 aromatic rings. The minimum absolute atomic E-state index is 0.00870. The number of nitrogens with one attached hydrogen (secondary N) is 1. The van der Waals surface area contributed by atoms with Gasteiger partial charge < -0.3 is 15.2 Å². The minimum Gasteiger partial charge on any atom is -0.394 e. The Kier molecular flexibility index (Phi) is 12.1. The van der Waals surface area contributed by atoms with Crippen LogP contribution in [-0.4, -0.2) is 47.2 Å². The Morgan fingerprint density at radius 1 is 1.31 bits per heavy atom. The highest BCUT2D eigenvalue weighted by Crippen LogP contribution is 2.24. The summed E-state index contributed by atoms with van der Waals surface area (Å²) in [6, 6.07) is 2.14. The summed E-state index contributed by atoms with van der Waals surface area (Å²) in [7, 11) is 0. The van der Waals surface area contributed by atoms with E-state index in [1.54, 1.807) is 18.5 Å². The van der Waals surface area contributed by atoms with E-state index in [9.17, 15) is 10.1 Å². The molecule has 192 valence electrons. The second kappa shape index (κ2) is 15.0. The van der Waals surface area contributed by atoms with Gasteiger partial charge in [-0.25, -0.2) is 4.68 Å². The topological polar surface area (TPSA) is 100 Å². The molecule has 0 saturated carbocycles. The third-order valence-electron chi connectivity index (χ3n) is 5.49. The molecule has 1 amide bonds. The third-order valence-corrected chi connectivity index (χ3v) is 5.60. The van der Waals surface area contributed by atoms with Crippen LogP contribution in [0.3, 0.4) is 0 Å². The van der Waals surface area contributed by atoms with Crippen molar-refractivity contribution < 1.29 is 14.6 Å². The zero-order chi connectivity index (χ0) is 26.5. The summed E-state index contributed by atoms with van der Waals surface area (Å²) in [5, 5.41) is 26.2. The maximum absolute atomic E-state index is 13.0. The van der Waals surface area contributed by atoms with Crippen LogP contribution in [0.4, 0.5) is 0 Å². The van der Waals surface area contributed by atoms with E-state index in [1.807, 2.05) is 56.5 Å². The molecule has 2 rings (SSSR count). The monoisotopic (exact) mass is 510 g/mol. The molecule has 1 aromatic heterocycles. The molecule has 0 unspecified atom stereocenters. The van der Waals surface area contributed by atoms with Crippen LogP contribution in [0.2, 0.25) is 0 Å². The largest absolute Gasteiger partial charge is 0.394 e. The Morgan fingerprint density at radius 3 is 2.78 bits per heavy atom. The summed E-state index contributed by atoms with van der Waals surface area (Å²) in [6.07, 6.45) is 15.2. The Morgan fingerprint density at radius 2 is 2.08 bits per heavy atom. The van der Waals surface area contributed by atoms with Crippen molar-refractivity contribution in [3.63, 3.8) is 0 Å². The van der Waals surface area contributed by atoms with E-state index >= 15 is 0 Å². The van der Waals surface area contributed by atoms with E-state index in [0.717, 1.165) is 28.1 Å². The molecule has 0 radical (unpaired) electrons. The predicted octanol–water partition coefficient (Wildman–Crippen LogP) is 4.91. The highest BCUT2D eigenvalue weighted by Gasteiger charge is 2.17. The first-order valence-electron chi connectivity index (χ1n) is 12.0. The van der Waals surface area contributed by atoms with Gasteiger partial charge in [0.1, 0.15) is 0 Å². The van der Waals surface area contributed by atoms with E-state index in [-0.39, 0.29) is 12.5 Å². The average molecular weight is 511 g/mol. The van der Waals surface area contributed by atoms with Gasteiger partial charge in [-0.2, -0.15) is 10.4 Å². The molecular weight excluding hydrogens is 476 g/mol. The first-order valence-corrected chi connectivity index (χ1v) is 12.3. The second-order valence-electron chi connectivity index (χ2n) is 8.55. The van der Waals surface area contributed by atoms with Gasteiger partial charge in [0.05, 0.1) is 30.7 Å². The number of aromatic nitrogens is 2. The first kappa shape index (κ1) is 29.1. The number of carbonyl (C=O) groups excluding carboxylic acids is 1. The number of ether oxygens (including phenoxy) is 1. The van der Waals surface area contributed by atoms with Crippen molar-refractivity contribution in [3.8, 4) is 6.07 Å². The van der Waals surface area contributed by atoms with Gasteiger partial charge in [-0.1, -0.05) is 29.8 Å². The molecule has 1 aliphatic carbocycles. The van der Waals surface area contributed by atoms with Crippen molar-refractivity contribution in [1.82, 2.24) is 15.1 Å². The normalized spacial score (nSPS) is 15.0. The fraction of sp³-hybridized carbons (Fsp3) is 0.393. The lowest BCUT2D eigenvalue weighted by molar-refractivity contribution is -0.117. The van der Waals surface area contributed by atoms with Crippen LogP contribution < -0.4 is 5.32 Å². The van der Waals surface area contributed by atoms with Gasteiger partial charge in [-0.3, -0.25) is 4.79 Å². The standard InChI is InChI=1S/C28H35ClN4O3/c1-20(18-30)15-21(2)27(16-22(3)29)33-19-25(23(4)32-33)17-24-9-6-5-7-10-26(24)28(35)31-11-8-13-36-14-12-34/h5-7,10,15-16,19,34H,8-9,11-14,17H2,1-4H3,(H,31,35)/b20-15+,22-16+,27-21+. The van der Waals surface area contributed by atoms with Crippen LogP contribution in [0.5, 0.6) is 0 Å². The molecule has 36 heavy (non-hydrogen) atoms. The Balaban J connectivity index is 2.31. The lowest BCUT2D eigenvalue weighted by Gasteiger charge is -2.12. The van der Waals surface area contributed by atoms with E-state index in [2.05, 4.69) is 11.4 Å². The van der Waals surface area contributed by atoms with Gasteiger partial charge in [0.25, 0.3) is 5.91 Å². The summed E-state index contributed by atoms with van der Waals surface area (Å²) in [5.41, 5.74) is 5.75. The van der Waals surface area contributed by atoms with Crippen molar-refractivity contribution in [2.45, 2.75) is 47.0 Å². The maximum atomic E-state index is 13.0. The molecule has 0 aliphatic heterocycles. The lowest BCUT2D eigenvalue weighted by atomic mass is 9.97. The van der Waals surface area contributed by atoms with Gasteiger partial charge >= 0.3 is 0 Å². The number of nitriles is 1. The van der Waals surface area contributed by atoms with Crippen molar-refractivity contribution in [2.24, 2.45) is 0 Å². The summed E-state index contributed by atoms with van der Waals surface area (Å²) in [4.78, 5) is 13.0. The fourth-order valence-electron chi connectivity index (χ4n) is 3.71. The molecule has 0 saturated heterocycles. The number of halogens is 1. The fourth-order valence-corrected chi connectivity index (χ4v) is 3.82. The SMILES string of the molecule is C\C(Cl)=C/C(=C(C)\C=C(/C)C#N)n1cc(CC2=C(C(=O)NCCCOCCO)C=CC=CC2)c(C)n1. The summed E-state index contributed by atoms with van der Waals surface area (Å²) in [5.74, 6) is -0.119. The van der Waals surface area contributed by atoms with E-state index in [4.69, 9.17) is 26.5 Å². The average Bonchev–Trinajstić information content (AvgIpc) is 3.04. The van der Waals surface area contributed by atoms with E-state index < -0.39 is 0 Å². The number of allylic oxidation sites excluding steroid dienone is 10. The Hall–Kier alpha value is -3.18. The molecule has 0 aromatic carbocycles. The summed E-state index contributed by atoms with van der Waals surface area (Å²) in [6.45, 7) is 8.69. The van der Waals surface area contributed by atoms with Crippen LogP contribution in [0.25, 0.3) is 5.70 Å². The zero-order valence-electron chi connectivity index (χ0n) is 21.5. The second-order valence-corrected chi connectivity index (χ2v) is 9.15. The number of hydrogen-bond donors (Lipinski definition) is 2. The van der Waals surface area contributed by atoms with Crippen LogP contribution in [0.15, 0.2) is 70.0 Å². The molecule has 1 aliphatic rings. The number of hydrogen-bond acceptors (Lipinski definition) is 5. The number of rotatable bonds is 12. The highest BCUT2D eigenvalue weighted by atomic mass is 35.5. The quantitative estimate of drug-likeness (QED) is 0.236. The van der Waals surface area contributed by atoms with Gasteiger partial charge in [0, 0.05) is 35.5 Å². The molecule has 0 spiro atoms. The van der Waals surface area contributed by atoms with Crippen molar-refractivity contribution in [2.75, 3.05) is 26.4 Å². The van der Waals surface area contributed by atoms with E-state index in [1.165, 1.54) is 0 Å². The van der Waals surface area contributed by atoms with Crippen molar-refractivity contribution in [3.05, 3.63) is 81.2 Å². The van der Waals surface area contributed by atoms with Gasteiger partial charge in [-0.15, -0.1) is 0 Å². The molecule has 0 fully saturated rings. The highest BCUT2D eigenvalue weighted by molar-refractivity contribution is 6.29. The van der Waals surface area contributed by atoms with Crippen LogP contribution in [0, 0.1) is 18.3 Å².